The number of carbonyl (C=O) groups excluding carboxylic acids is 1. The van der Waals surface area contributed by atoms with Crippen LogP contribution in [0.2, 0.25) is 0 Å². The Labute approximate surface area is 171 Å². The maximum Gasteiger partial charge on any atom is 0.341 e. The molecule has 0 radical (unpaired) electrons. The fourth-order valence-corrected chi connectivity index (χ4v) is 2.79. The number of hydrogen-bond donors (Lipinski definition) is 2. The Morgan fingerprint density at radius 2 is 2.12 bits per heavy atom. The quantitative estimate of drug-likeness (QED) is 0.284. The van der Waals surface area contributed by atoms with Gasteiger partial charge in [-0.2, -0.15) is 0 Å². The van der Waals surface area contributed by atoms with Crippen LogP contribution in [0.15, 0.2) is 23.2 Å². The first-order valence-corrected chi connectivity index (χ1v) is 8.35. The molecule has 0 saturated carbocycles. The van der Waals surface area contributed by atoms with Gasteiger partial charge in [-0.3, -0.25) is 4.99 Å². The number of hydrogen-bond acceptors (Lipinski definition) is 5. The predicted molar refractivity (Wildman–Crippen MR) is 112 cm³/mol. The molecular weight excluding hydrogens is 449 g/mol. The Kier molecular flexibility index (Phi) is 9.14. The number of aliphatic imine (C=N–C) groups is 1. The monoisotopic (exact) mass is 477 g/mol. The first-order valence-electron chi connectivity index (χ1n) is 8.35. The number of ether oxygens (including phenoxy) is 3. The van der Waals surface area contributed by atoms with E-state index in [1.807, 2.05) is 6.07 Å². The second-order valence-corrected chi connectivity index (χ2v) is 6.21. The average Bonchev–Trinajstić information content (AvgIpc) is 3.07. The van der Waals surface area contributed by atoms with Gasteiger partial charge in [0.15, 0.2) is 5.96 Å². The smallest absolute Gasteiger partial charge is 0.341 e. The van der Waals surface area contributed by atoms with Crippen molar-refractivity contribution in [1.29, 1.82) is 0 Å². The zero-order chi connectivity index (χ0) is 18.3. The Bertz CT molecular complexity index is 631. The van der Waals surface area contributed by atoms with Crippen molar-refractivity contribution in [2.45, 2.75) is 31.9 Å². The number of rotatable bonds is 6. The van der Waals surface area contributed by atoms with E-state index in [1.165, 1.54) is 14.2 Å². The lowest BCUT2D eigenvalue weighted by molar-refractivity contribution is 0.0242. The number of carbonyl (C=O) groups is 1. The minimum absolute atomic E-state index is 0. The van der Waals surface area contributed by atoms with Crippen LogP contribution >= 0.6 is 24.0 Å². The average molecular weight is 477 g/mol. The molecule has 0 amide bonds. The van der Waals surface area contributed by atoms with Gasteiger partial charge in [-0.25, -0.2) is 4.79 Å². The number of methoxy groups -OCH3 is 2. The summed E-state index contributed by atoms with van der Waals surface area (Å²) in [5.41, 5.74) is 1.18. The summed E-state index contributed by atoms with van der Waals surface area (Å²) < 4.78 is 15.8. The molecule has 0 aliphatic carbocycles. The van der Waals surface area contributed by atoms with E-state index in [9.17, 15) is 4.79 Å². The van der Waals surface area contributed by atoms with E-state index in [0.717, 1.165) is 25.0 Å². The molecule has 8 heteroatoms. The van der Waals surface area contributed by atoms with Gasteiger partial charge < -0.3 is 24.8 Å². The van der Waals surface area contributed by atoms with Gasteiger partial charge in [0.2, 0.25) is 0 Å². The second kappa shape index (κ2) is 10.6. The Hall–Kier alpha value is -1.55. The van der Waals surface area contributed by atoms with E-state index in [1.54, 1.807) is 19.2 Å². The Morgan fingerprint density at radius 1 is 1.35 bits per heavy atom. The van der Waals surface area contributed by atoms with Gasteiger partial charge in [0.1, 0.15) is 11.3 Å². The molecule has 0 aromatic heterocycles. The van der Waals surface area contributed by atoms with Crippen molar-refractivity contribution < 1.29 is 19.0 Å². The molecule has 2 N–H and O–H groups in total. The molecule has 2 rings (SSSR count). The van der Waals surface area contributed by atoms with Crippen molar-refractivity contribution in [1.82, 2.24) is 10.6 Å². The van der Waals surface area contributed by atoms with Gasteiger partial charge in [0, 0.05) is 26.7 Å². The molecule has 1 fully saturated rings. The molecule has 1 atom stereocenters. The molecule has 0 spiro atoms. The standard InChI is InChI=1S/C18H27N3O4.HI/c1-18(8-5-9-25-18)12-21-17(19-2)20-11-13-6-7-15(23-3)14(10-13)16(22)24-4;/h6-7,10H,5,8-9,11-12H2,1-4H3,(H2,19,20,21);1H. The fourth-order valence-electron chi connectivity index (χ4n) is 2.79. The normalized spacial score (nSPS) is 19.5. The molecular formula is C18H28IN3O4. The van der Waals surface area contributed by atoms with Crippen LogP contribution in [0.4, 0.5) is 0 Å². The van der Waals surface area contributed by atoms with E-state index >= 15 is 0 Å². The van der Waals surface area contributed by atoms with Crippen LogP contribution in [-0.4, -0.2) is 51.9 Å². The molecule has 1 unspecified atom stereocenters. The van der Waals surface area contributed by atoms with Crippen LogP contribution in [-0.2, 0) is 16.0 Å². The van der Waals surface area contributed by atoms with Crippen molar-refractivity contribution >= 4 is 35.9 Å². The van der Waals surface area contributed by atoms with Crippen molar-refractivity contribution in [2.24, 2.45) is 4.99 Å². The van der Waals surface area contributed by atoms with Crippen LogP contribution in [0, 0.1) is 0 Å². The van der Waals surface area contributed by atoms with Crippen LogP contribution in [0.1, 0.15) is 35.7 Å². The highest BCUT2D eigenvalue weighted by molar-refractivity contribution is 14.0. The maximum absolute atomic E-state index is 11.9. The number of esters is 1. The lowest BCUT2D eigenvalue weighted by Crippen LogP contribution is -2.45. The van der Waals surface area contributed by atoms with Gasteiger partial charge in [-0.05, 0) is 37.5 Å². The van der Waals surface area contributed by atoms with Crippen LogP contribution in [0.25, 0.3) is 0 Å². The predicted octanol–water partition coefficient (Wildman–Crippen LogP) is 2.33. The number of guanidine groups is 1. The van der Waals surface area contributed by atoms with Crippen molar-refractivity contribution in [2.75, 3.05) is 34.4 Å². The molecule has 1 aliphatic rings. The SMILES string of the molecule is CN=C(NCc1ccc(OC)c(C(=O)OC)c1)NCC1(C)CCCO1.I. The molecule has 1 aliphatic heterocycles. The third-order valence-electron chi connectivity index (χ3n) is 4.28. The summed E-state index contributed by atoms with van der Waals surface area (Å²) in [6, 6.07) is 5.41. The highest BCUT2D eigenvalue weighted by Gasteiger charge is 2.29. The van der Waals surface area contributed by atoms with E-state index in [0.29, 0.717) is 30.4 Å². The van der Waals surface area contributed by atoms with E-state index in [4.69, 9.17) is 14.2 Å². The van der Waals surface area contributed by atoms with Gasteiger partial charge >= 0.3 is 5.97 Å². The molecule has 1 aromatic rings. The Balaban J connectivity index is 0.00000338. The fraction of sp³-hybridized carbons (Fsp3) is 0.556. The van der Waals surface area contributed by atoms with Gasteiger partial charge in [-0.15, -0.1) is 24.0 Å². The summed E-state index contributed by atoms with van der Waals surface area (Å²) >= 11 is 0. The summed E-state index contributed by atoms with van der Waals surface area (Å²) in [6.45, 7) is 4.13. The highest BCUT2D eigenvalue weighted by Crippen LogP contribution is 2.24. The molecule has 1 aromatic carbocycles. The number of nitrogens with zero attached hydrogens (tertiary/aromatic N) is 1. The van der Waals surface area contributed by atoms with Crippen LogP contribution < -0.4 is 15.4 Å². The van der Waals surface area contributed by atoms with E-state index < -0.39 is 5.97 Å². The molecule has 0 bridgehead atoms. The summed E-state index contributed by atoms with van der Waals surface area (Å²) in [4.78, 5) is 16.1. The van der Waals surface area contributed by atoms with Crippen molar-refractivity contribution in [3.8, 4) is 5.75 Å². The first-order chi connectivity index (χ1) is 12.0. The van der Waals surface area contributed by atoms with Crippen molar-refractivity contribution in [3.63, 3.8) is 0 Å². The van der Waals surface area contributed by atoms with Crippen molar-refractivity contribution in [3.05, 3.63) is 29.3 Å². The largest absolute Gasteiger partial charge is 0.496 e. The lowest BCUT2D eigenvalue weighted by Gasteiger charge is -2.24. The summed E-state index contributed by atoms with van der Waals surface area (Å²) in [5, 5.41) is 6.53. The maximum atomic E-state index is 11.9. The highest BCUT2D eigenvalue weighted by atomic mass is 127. The van der Waals surface area contributed by atoms with E-state index in [2.05, 4.69) is 22.5 Å². The third kappa shape index (κ3) is 6.01. The minimum Gasteiger partial charge on any atom is -0.496 e. The summed E-state index contributed by atoms with van der Waals surface area (Å²) in [5.74, 6) is 0.754. The zero-order valence-corrected chi connectivity index (χ0v) is 18.1. The summed E-state index contributed by atoms with van der Waals surface area (Å²) in [6.07, 6.45) is 2.13. The lowest BCUT2D eigenvalue weighted by atomic mass is 10.0. The molecule has 26 heavy (non-hydrogen) atoms. The number of benzene rings is 1. The molecule has 1 heterocycles. The van der Waals surface area contributed by atoms with Gasteiger partial charge in [0.25, 0.3) is 0 Å². The van der Waals surface area contributed by atoms with E-state index in [-0.39, 0.29) is 29.6 Å². The minimum atomic E-state index is -0.424. The topological polar surface area (TPSA) is 81.2 Å². The van der Waals surface area contributed by atoms with Crippen LogP contribution in [0.5, 0.6) is 5.75 Å². The summed E-state index contributed by atoms with van der Waals surface area (Å²) in [7, 11) is 4.60. The van der Waals surface area contributed by atoms with Gasteiger partial charge in [0.05, 0.1) is 19.8 Å². The molecule has 146 valence electrons. The molecule has 1 saturated heterocycles. The Morgan fingerprint density at radius 3 is 2.69 bits per heavy atom. The number of halogens is 1. The zero-order valence-electron chi connectivity index (χ0n) is 15.8. The van der Waals surface area contributed by atoms with Gasteiger partial charge in [-0.1, -0.05) is 6.07 Å². The number of nitrogens with one attached hydrogen (secondary N) is 2. The molecule has 7 nitrogen and oxygen atoms in total. The second-order valence-electron chi connectivity index (χ2n) is 6.21. The first kappa shape index (κ1) is 22.5. The van der Waals surface area contributed by atoms with Crippen LogP contribution in [0.3, 0.4) is 0 Å². The third-order valence-corrected chi connectivity index (χ3v) is 4.28.